The van der Waals surface area contributed by atoms with Crippen LogP contribution in [0.4, 0.5) is 0 Å². The van der Waals surface area contributed by atoms with Gasteiger partial charge in [0.25, 0.3) is 0 Å². The molecule has 1 aliphatic rings. The quantitative estimate of drug-likeness (QED) is 0.409. The topological polar surface area (TPSA) is 115 Å². The van der Waals surface area contributed by atoms with Crippen LogP contribution in [0.15, 0.2) is 72.4 Å². The Hall–Kier alpha value is -4.55. The molecule has 2 atom stereocenters. The van der Waals surface area contributed by atoms with Crippen LogP contribution >= 0.6 is 0 Å². The maximum absolute atomic E-state index is 13.7. The van der Waals surface area contributed by atoms with E-state index in [4.69, 9.17) is 4.98 Å². The summed E-state index contributed by atoms with van der Waals surface area (Å²) in [4.78, 5) is 27.4. The van der Waals surface area contributed by atoms with Crippen molar-refractivity contribution in [2.75, 3.05) is 0 Å². The van der Waals surface area contributed by atoms with Crippen molar-refractivity contribution >= 4 is 22.2 Å². The maximum Gasteiger partial charge on any atom is 0.331 e. The molecular weight excluding hydrogens is 442 g/mol. The van der Waals surface area contributed by atoms with Crippen LogP contribution in [0.5, 0.6) is 0 Å². The normalized spacial score (nSPS) is 17.4. The molecule has 2 aromatic carbocycles. The lowest BCUT2D eigenvalue weighted by Gasteiger charge is -2.29. The van der Waals surface area contributed by atoms with Gasteiger partial charge in [0.2, 0.25) is 5.95 Å². The highest BCUT2D eigenvalue weighted by molar-refractivity contribution is 5.79. The second kappa shape index (κ2) is 8.04. The SMILES string of the molecule is C=CCn1c(=O)n(C2CCC(O)c3ccccc32)c2nc(-n3cnc4ccc(C#N)cc43)ncc21. The molecule has 0 radical (unpaired) electrons. The minimum atomic E-state index is -0.559. The largest absolute Gasteiger partial charge is 0.388 e. The summed E-state index contributed by atoms with van der Waals surface area (Å²) in [6, 6.07) is 14.8. The van der Waals surface area contributed by atoms with Crippen molar-refractivity contribution in [2.45, 2.75) is 31.5 Å². The van der Waals surface area contributed by atoms with E-state index in [0.717, 1.165) is 11.1 Å². The summed E-state index contributed by atoms with van der Waals surface area (Å²) in [7, 11) is 0. The third kappa shape index (κ3) is 3.19. The summed E-state index contributed by atoms with van der Waals surface area (Å²) in [5.41, 5.74) is 4.56. The molecule has 1 aliphatic carbocycles. The van der Waals surface area contributed by atoms with E-state index in [1.807, 2.05) is 24.3 Å². The van der Waals surface area contributed by atoms with Crippen LogP contribution in [0, 0.1) is 11.3 Å². The van der Waals surface area contributed by atoms with Crippen molar-refractivity contribution in [3.63, 3.8) is 0 Å². The standard InChI is InChI=1S/C26H21N7O2/c1-2-11-31-22-14-28-25(32-15-29-19-8-7-16(13-27)12-21(19)32)30-24(22)33(26(31)35)20-9-10-23(34)18-6-4-3-5-17(18)20/h2-8,12,14-15,20,23,34H,1,9-11H2. The zero-order chi connectivity index (χ0) is 24.1. The number of fused-ring (bicyclic) bond motifs is 3. The molecule has 0 spiro atoms. The number of rotatable bonds is 4. The van der Waals surface area contributed by atoms with Gasteiger partial charge < -0.3 is 5.11 Å². The fourth-order valence-electron chi connectivity index (χ4n) is 5.00. The molecule has 0 fully saturated rings. The van der Waals surface area contributed by atoms with Crippen LogP contribution < -0.4 is 5.69 Å². The van der Waals surface area contributed by atoms with Crippen LogP contribution in [-0.4, -0.2) is 33.8 Å². The summed E-state index contributed by atoms with van der Waals surface area (Å²) >= 11 is 0. The monoisotopic (exact) mass is 463 g/mol. The number of aliphatic hydroxyl groups excluding tert-OH is 1. The summed E-state index contributed by atoms with van der Waals surface area (Å²) < 4.78 is 5.03. The fourth-order valence-corrected chi connectivity index (χ4v) is 5.00. The van der Waals surface area contributed by atoms with E-state index in [-0.39, 0.29) is 11.7 Å². The zero-order valence-electron chi connectivity index (χ0n) is 18.7. The van der Waals surface area contributed by atoms with E-state index < -0.39 is 6.10 Å². The van der Waals surface area contributed by atoms with Crippen LogP contribution in [-0.2, 0) is 6.54 Å². The van der Waals surface area contributed by atoms with Gasteiger partial charge in [0, 0.05) is 6.54 Å². The van der Waals surface area contributed by atoms with Crippen molar-refractivity contribution < 1.29 is 5.11 Å². The Morgan fingerprint density at radius 2 is 1.97 bits per heavy atom. The molecule has 3 aromatic heterocycles. The van der Waals surface area contributed by atoms with E-state index in [9.17, 15) is 15.2 Å². The zero-order valence-corrected chi connectivity index (χ0v) is 18.7. The summed E-state index contributed by atoms with van der Waals surface area (Å²) in [5.74, 6) is 0.351. The number of imidazole rings is 2. The average Bonchev–Trinajstić information content (AvgIpc) is 3.43. The first-order chi connectivity index (χ1) is 17.1. The molecule has 5 aromatic rings. The number of benzene rings is 2. The van der Waals surface area contributed by atoms with E-state index in [1.54, 1.807) is 50.5 Å². The molecule has 9 nitrogen and oxygen atoms in total. The number of hydrogen-bond acceptors (Lipinski definition) is 6. The number of allylic oxidation sites excluding steroid dienone is 1. The highest BCUT2D eigenvalue weighted by Gasteiger charge is 2.30. The van der Waals surface area contributed by atoms with Gasteiger partial charge in [-0.2, -0.15) is 10.2 Å². The van der Waals surface area contributed by atoms with Gasteiger partial charge in [-0.3, -0.25) is 13.7 Å². The van der Waals surface area contributed by atoms with Crippen molar-refractivity contribution in [1.82, 2.24) is 28.7 Å². The Balaban J connectivity index is 1.60. The summed E-state index contributed by atoms with van der Waals surface area (Å²) in [5, 5.41) is 19.9. The molecule has 172 valence electrons. The van der Waals surface area contributed by atoms with Crippen molar-refractivity contribution in [3.05, 3.63) is 94.8 Å². The lowest BCUT2D eigenvalue weighted by Crippen LogP contribution is -2.30. The van der Waals surface area contributed by atoms with Gasteiger partial charge >= 0.3 is 5.69 Å². The smallest absolute Gasteiger partial charge is 0.331 e. The molecule has 0 saturated carbocycles. The lowest BCUT2D eigenvalue weighted by atomic mass is 9.85. The molecule has 0 amide bonds. The number of nitrogens with zero attached hydrogens (tertiary/aromatic N) is 7. The van der Waals surface area contributed by atoms with Crippen LogP contribution in [0.2, 0.25) is 0 Å². The Labute approximate surface area is 199 Å². The molecule has 0 aliphatic heterocycles. The van der Waals surface area contributed by atoms with Crippen LogP contribution in [0.3, 0.4) is 0 Å². The van der Waals surface area contributed by atoms with Crippen LogP contribution in [0.1, 0.15) is 41.7 Å². The Morgan fingerprint density at radius 1 is 1.14 bits per heavy atom. The highest BCUT2D eigenvalue weighted by Crippen LogP contribution is 2.38. The molecule has 3 heterocycles. The predicted octanol–water partition coefficient (Wildman–Crippen LogP) is 3.41. The van der Waals surface area contributed by atoms with Gasteiger partial charge in [0.05, 0.1) is 41.0 Å². The Morgan fingerprint density at radius 3 is 2.77 bits per heavy atom. The maximum atomic E-state index is 13.7. The van der Waals surface area contributed by atoms with Crippen LogP contribution in [0.25, 0.3) is 28.1 Å². The highest BCUT2D eigenvalue weighted by atomic mass is 16.3. The van der Waals surface area contributed by atoms with Crippen molar-refractivity contribution in [1.29, 1.82) is 5.26 Å². The first-order valence-electron chi connectivity index (χ1n) is 11.3. The predicted molar refractivity (Wildman–Crippen MR) is 130 cm³/mol. The molecular formula is C26H21N7O2. The van der Waals surface area contributed by atoms with E-state index in [2.05, 4.69) is 22.6 Å². The number of nitriles is 1. The number of hydrogen-bond donors (Lipinski definition) is 1. The number of aliphatic hydroxyl groups is 1. The van der Waals surface area contributed by atoms with E-state index in [1.165, 1.54) is 0 Å². The molecule has 6 rings (SSSR count). The molecule has 1 N–H and O–H groups in total. The fraction of sp³-hybridized carbons (Fsp3) is 0.192. The second-order valence-corrected chi connectivity index (χ2v) is 8.60. The van der Waals surface area contributed by atoms with E-state index in [0.29, 0.717) is 53.1 Å². The van der Waals surface area contributed by atoms with Crippen molar-refractivity contribution in [2.24, 2.45) is 0 Å². The molecule has 0 saturated heterocycles. The third-order valence-electron chi connectivity index (χ3n) is 6.64. The van der Waals surface area contributed by atoms with Crippen molar-refractivity contribution in [3.8, 4) is 12.0 Å². The first-order valence-corrected chi connectivity index (χ1v) is 11.3. The average molecular weight is 464 g/mol. The minimum absolute atomic E-state index is 0.204. The summed E-state index contributed by atoms with van der Waals surface area (Å²) in [6.45, 7) is 4.12. The van der Waals surface area contributed by atoms with E-state index >= 15 is 0 Å². The van der Waals surface area contributed by atoms with Gasteiger partial charge in [0.1, 0.15) is 11.8 Å². The number of aromatic nitrogens is 6. The Kier molecular flexibility index (Phi) is 4.83. The molecule has 35 heavy (non-hydrogen) atoms. The minimum Gasteiger partial charge on any atom is -0.388 e. The van der Waals surface area contributed by atoms with Gasteiger partial charge in [-0.1, -0.05) is 30.3 Å². The molecule has 0 bridgehead atoms. The van der Waals surface area contributed by atoms with Gasteiger partial charge in [-0.05, 0) is 42.2 Å². The van der Waals surface area contributed by atoms with Gasteiger partial charge in [-0.25, -0.2) is 14.8 Å². The second-order valence-electron chi connectivity index (χ2n) is 8.60. The molecule has 2 unspecified atom stereocenters. The lowest BCUT2D eigenvalue weighted by molar-refractivity contribution is 0.147. The third-order valence-corrected chi connectivity index (χ3v) is 6.64. The first kappa shape index (κ1) is 21.0. The van der Waals surface area contributed by atoms with Gasteiger partial charge in [-0.15, -0.1) is 6.58 Å². The van der Waals surface area contributed by atoms with Gasteiger partial charge in [0.15, 0.2) is 5.65 Å². The molecule has 9 heteroatoms. The summed E-state index contributed by atoms with van der Waals surface area (Å²) in [6.07, 6.45) is 5.51. The Bertz CT molecular complexity index is 1720.